The first-order valence-corrected chi connectivity index (χ1v) is 8.84. The number of carbonyl (C=O) groups is 1. The number of anilines is 1. The highest BCUT2D eigenvalue weighted by Gasteiger charge is 2.13. The lowest BCUT2D eigenvalue weighted by atomic mass is 10.2. The van der Waals surface area contributed by atoms with E-state index in [0.29, 0.717) is 16.3 Å². The fraction of sp³-hybridized carbons (Fsp3) is 0. The summed E-state index contributed by atoms with van der Waals surface area (Å²) in [5, 5.41) is 3.34. The molecule has 0 atom stereocenters. The van der Waals surface area contributed by atoms with Crippen LogP contribution in [0.25, 0.3) is 0 Å². The monoisotopic (exact) mass is 543 g/mol. The maximum Gasteiger partial charge on any atom is 0.255 e. The van der Waals surface area contributed by atoms with Crippen molar-refractivity contribution in [3.8, 4) is 0 Å². The van der Waals surface area contributed by atoms with E-state index in [-0.39, 0.29) is 5.91 Å². The van der Waals surface area contributed by atoms with Crippen molar-refractivity contribution in [2.24, 2.45) is 0 Å². The van der Waals surface area contributed by atoms with Gasteiger partial charge in [-0.15, -0.1) is 0 Å². The molecule has 2 rings (SSSR count). The van der Waals surface area contributed by atoms with E-state index in [4.69, 9.17) is 11.6 Å². The molecule has 0 heterocycles. The molecule has 0 aromatic heterocycles. The van der Waals surface area contributed by atoms with Crippen LogP contribution in [0, 0.1) is 0 Å². The molecule has 0 spiro atoms. The van der Waals surface area contributed by atoms with Gasteiger partial charge >= 0.3 is 0 Å². The molecule has 0 saturated carbocycles. The average Bonchev–Trinajstić information content (AvgIpc) is 2.32. The van der Waals surface area contributed by atoms with Crippen molar-refractivity contribution in [1.29, 1.82) is 0 Å². The van der Waals surface area contributed by atoms with Crippen molar-refractivity contribution in [1.82, 2.24) is 0 Å². The summed E-state index contributed by atoms with van der Waals surface area (Å²) in [6, 6.07) is 8.76. The molecule has 0 aliphatic carbocycles. The summed E-state index contributed by atoms with van der Waals surface area (Å²) < 4.78 is 3.20. The Balaban J connectivity index is 2.32. The second-order valence-corrected chi connectivity index (χ2v) is 7.83. The Morgan fingerprint density at radius 1 is 0.900 bits per heavy atom. The summed E-state index contributed by atoms with van der Waals surface area (Å²) in [4.78, 5) is 12.3. The minimum absolute atomic E-state index is 0.239. The molecule has 0 radical (unpaired) electrons. The molecule has 2 nitrogen and oxygen atoms in total. The first kappa shape index (κ1) is 16.5. The minimum Gasteiger partial charge on any atom is -0.320 e. The Morgan fingerprint density at radius 2 is 1.45 bits per heavy atom. The van der Waals surface area contributed by atoms with Crippen LogP contribution in [0.2, 0.25) is 5.02 Å². The number of amides is 1. The number of hydrogen-bond acceptors (Lipinski definition) is 1. The third kappa shape index (κ3) is 4.07. The molecule has 1 N–H and O–H groups in total. The molecule has 20 heavy (non-hydrogen) atoms. The van der Waals surface area contributed by atoms with Crippen LogP contribution in [0.1, 0.15) is 10.4 Å². The largest absolute Gasteiger partial charge is 0.320 e. The Hall–Kier alpha value is 0.120. The lowest BCUT2D eigenvalue weighted by Gasteiger charge is -2.11. The Labute approximate surface area is 154 Å². The topological polar surface area (TPSA) is 29.1 Å². The van der Waals surface area contributed by atoms with Gasteiger partial charge in [-0.05, 0) is 62.2 Å². The third-order valence-electron chi connectivity index (χ3n) is 2.37. The SMILES string of the molecule is O=C(Nc1c(Br)cc(Br)cc1Br)c1cc(Cl)cc(Br)c1. The third-order valence-corrected chi connectivity index (χ3v) is 4.75. The lowest BCUT2D eigenvalue weighted by molar-refractivity contribution is 0.102. The number of halogens is 5. The van der Waals surface area contributed by atoms with Gasteiger partial charge in [0.15, 0.2) is 0 Å². The standard InChI is InChI=1S/C13H6Br4ClNO/c14-7-1-6(2-9(18)3-7)13(20)19-12-10(16)4-8(15)5-11(12)17/h1-5H,(H,19,20). The molecular weight excluding hydrogens is 541 g/mol. The predicted octanol–water partition coefficient (Wildman–Crippen LogP) is 6.64. The van der Waals surface area contributed by atoms with Crippen LogP contribution in [0.15, 0.2) is 48.2 Å². The lowest BCUT2D eigenvalue weighted by Crippen LogP contribution is -2.12. The average molecular weight is 547 g/mol. The van der Waals surface area contributed by atoms with Gasteiger partial charge in [0, 0.05) is 28.5 Å². The highest BCUT2D eigenvalue weighted by molar-refractivity contribution is 9.11. The molecular formula is C13H6Br4ClNO. The van der Waals surface area contributed by atoms with E-state index in [1.54, 1.807) is 18.2 Å². The van der Waals surface area contributed by atoms with Crippen LogP contribution in [0.3, 0.4) is 0 Å². The van der Waals surface area contributed by atoms with Gasteiger partial charge in [0.25, 0.3) is 5.91 Å². The van der Waals surface area contributed by atoms with Gasteiger partial charge in [0.1, 0.15) is 0 Å². The maximum absolute atomic E-state index is 12.3. The molecule has 0 aliphatic rings. The van der Waals surface area contributed by atoms with E-state index >= 15 is 0 Å². The van der Waals surface area contributed by atoms with Gasteiger partial charge in [0.2, 0.25) is 0 Å². The van der Waals surface area contributed by atoms with Crippen LogP contribution in [-0.4, -0.2) is 5.91 Å². The zero-order valence-electron chi connectivity index (χ0n) is 9.68. The Morgan fingerprint density at radius 3 is 2.00 bits per heavy atom. The fourth-order valence-corrected chi connectivity index (χ4v) is 4.85. The first-order valence-electron chi connectivity index (χ1n) is 5.29. The second kappa shape index (κ2) is 6.92. The van der Waals surface area contributed by atoms with Gasteiger partial charge in [-0.3, -0.25) is 4.79 Å². The predicted molar refractivity (Wildman–Crippen MR) is 96.6 cm³/mol. The van der Waals surface area contributed by atoms with E-state index in [9.17, 15) is 4.79 Å². The molecule has 7 heteroatoms. The van der Waals surface area contributed by atoms with Crippen LogP contribution in [0.4, 0.5) is 5.69 Å². The Bertz CT molecular complexity index is 647. The number of carbonyl (C=O) groups excluding carboxylic acids is 1. The molecule has 104 valence electrons. The summed E-state index contributed by atoms with van der Waals surface area (Å²) in [6.07, 6.45) is 0. The van der Waals surface area contributed by atoms with Gasteiger partial charge in [-0.2, -0.15) is 0 Å². The number of nitrogens with one attached hydrogen (secondary N) is 1. The molecule has 2 aromatic rings. The highest BCUT2D eigenvalue weighted by atomic mass is 79.9. The maximum atomic E-state index is 12.3. The van der Waals surface area contributed by atoms with Crippen LogP contribution in [0.5, 0.6) is 0 Å². The summed E-state index contributed by atoms with van der Waals surface area (Å²) in [6.45, 7) is 0. The summed E-state index contributed by atoms with van der Waals surface area (Å²) in [5.74, 6) is -0.239. The minimum atomic E-state index is -0.239. The number of benzene rings is 2. The highest BCUT2D eigenvalue weighted by Crippen LogP contribution is 2.34. The molecule has 0 saturated heterocycles. The van der Waals surface area contributed by atoms with Crippen molar-refractivity contribution < 1.29 is 4.79 Å². The second-order valence-electron chi connectivity index (χ2n) is 3.86. The molecule has 0 bridgehead atoms. The normalized spacial score (nSPS) is 10.4. The van der Waals surface area contributed by atoms with Crippen LogP contribution in [-0.2, 0) is 0 Å². The van der Waals surface area contributed by atoms with E-state index < -0.39 is 0 Å². The zero-order chi connectivity index (χ0) is 14.9. The van der Waals surface area contributed by atoms with E-state index in [1.165, 1.54) is 0 Å². The molecule has 0 fully saturated rings. The van der Waals surface area contributed by atoms with E-state index in [2.05, 4.69) is 69.0 Å². The summed E-state index contributed by atoms with van der Waals surface area (Å²) in [7, 11) is 0. The van der Waals surface area contributed by atoms with E-state index in [0.717, 1.165) is 17.9 Å². The number of hydrogen-bond donors (Lipinski definition) is 1. The van der Waals surface area contributed by atoms with Crippen molar-refractivity contribution in [3.05, 3.63) is 58.8 Å². The molecule has 0 unspecified atom stereocenters. The van der Waals surface area contributed by atoms with Gasteiger partial charge < -0.3 is 5.32 Å². The summed E-state index contributed by atoms with van der Waals surface area (Å²) in [5.41, 5.74) is 1.14. The van der Waals surface area contributed by atoms with Crippen molar-refractivity contribution >= 4 is 86.9 Å². The summed E-state index contributed by atoms with van der Waals surface area (Å²) >= 11 is 19.5. The van der Waals surface area contributed by atoms with Crippen molar-refractivity contribution in [2.45, 2.75) is 0 Å². The van der Waals surface area contributed by atoms with Gasteiger partial charge in [-0.25, -0.2) is 0 Å². The van der Waals surface area contributed by atoms with Crippen molar-refractivity contribution in [3.63, 3.8) is 0 Å². The Kier molecular flexibility index (Phi) is 5.71. The van der Waals surface area contributed by atoms with Gasteiger partial charge in [0.05, 0.1) is 5.69 Å². The van der Waals surface area contributed by atoms with Gasteiger partial charge in [-0.1, -0.05) is 43.5 Å². The first-order chi connectivity index (χ1) is 9.36. The molecule has 2 aromatic carbocycles. The van der Waals surface area contributed by atoms with Crippen molar-refractivity contribution in [2.75, 3.05) is 5.32 Å². The smallest absolute Gasteiger partial charge is 0.255 e. The zero-order valence-corrected chi connectivity index (χ0v) is 16.8. The number of rotatable bonds is 2. The van der Waals surface area contributed by atoms with Crippen LogP contribution < -0.4 is 5.32 Å². The fourth-order valence-electron chi connectivity index (χ4n) is 1.53. The van der Waals surface area contributed by atoms with Crippen LogP contribution >= 0.6 is 75.3 Å². The quantitative estimate of drug-likeness (QED) is 0.449. The van der Waals surface area contributed by atoms with E-state index in [1.807, 2.05) is 12.1 Å². The molecule has 1 amide bonds. The molecule has 0 aliphatic heterocycles.